The van der Waals surface area contributed by atoms with E-state index < -0.39 is 12.1 Å². The third kappa shape index (κ3) is 55.1. The zero-order chi connectivity index (χ0) is 50.0. The van der Waals surface area contributed by atoms with Crippen molar-refractivity contribution in [2.45, 2.75) is 271 Å². The lowest BCUT2D eigenvalue weighted by atomic mass is 10.0. The molecular formula is C63H106O6. The number of allylic oxidation sites excluding steroid dienone is 16. The molecule has 0 rings (SSSR count). The Morgan fingerprint density at radius 1 is 0.304 bits per heavy atom. The Kier molecular flexibility index (Phi) is 53.9. The summed E-state index contributed by atoms with van der Waals surface area (Å²) in [6.07, 6.45) is 76.0. The maximum Gasteiger partial charge on any atom is 0.306 e. The van der Waals surface area contributed by atoms with Crippen molar-refractivity contribution >= 4 is 17.9 Å². The fourth-order valence-electron chi connectivity index (χ4n) is 7.88. The molecule has 0 radical (unpaired) electrons. The Balaban J connectivity index is 4.32. The molecule has 0 N–H and O–H groups in total. The molecule has 0 saturated heterocycles. The lowest BCUT2D eigenvalue weighted by Gasteiger charge is -2.18. The summed E-state index contributed by atoms with van der Waals surface area (Å²) in [7, 11) is 0. The maximum absolute atomic E-state index is 12.8. The summed E-state index contributed by atoms with van der Waals surface area (Å²) in [6.45, 7) is 6.29. The first-order valence-electron chi connectivity index (χ1n) is 28.7. The third-order valence-corrected chi connectivity index (χ3v) is 12.1. The van der Waals surface area contributed by atoms with Crippen LogP contribution in [0.4, 0.5) is 0 Å². The van der Waals surface area contributed by atoms with E-state index in [0.29, 0.717) is 19.3 Å². The average Bonchev–Trinajstić information content (AvgIpc) is 3.35. The van der Waals surface area contributed by atoms with Crippen molar-refractivity contribution in [3.8, 4) is 0 Å². The van der Waals surface area contributed by atoms with Gasteiger partial charge in [0, 0.05) is 19.3 Å². The second-order valence-electron chi connectivity index (χ2n) is 18.8. The predicted molar refractivity (Wildman–Crippen MR) is 297 cm³/mol. The van der Waals surface area contributed by atoms with Crippen LogP contribution in [-0.2, 0) is 28.6 Å². The minimum Gasteiger partial charge on any atom is -0.462 e. The SMILES string of the molecule is CC/C=C\C/C=C\C/C=C\C/C=C\CCC(=O)OCC(COC(=O)CCCCCCCCCCCCCCCCCCCCCCCCCCC)OC(=O)CC/C=C\C/C=C\C/C=C\C/C=C\CC. The largest absolute Gasteiger partial charge is 0.462 e. The maximum atomic E-state index is 12.8. The Bertz CT molecular complexity index is 1380. The number of unbranched alkanes of at least 4 members (excludes halogenated alkanes) is 24. The van der Waals surface area contributed by atoms with Crippen LogP contribution in [-0.4, -0.2) is 37.2 Å². The predicted octanol–water partition coefficient (Wildman–Crippen LogP) is 19.3. The summed E-state index contributed by atoms with van der Waals surface area (Å²) in [5, 5.41) is 0. The highest BCUT2D eigenvalue weighted by Crippen LogP contribution is 2.16. The van der Waals surface area contributed by atoms with Gasteiger partial charge >= 0.3 is 17.9 Å². The first-order valence-corrected chi connectivity index (χ1v) is 28.7. The molecule has 0 spiro atoms. The number of rotatable bonds is 51. The molecule has 6 nitrogen and oxygen atoms in total. The van der Waals surface area contributed by atoms with Crippen LogP contribution in [0.1, 0.15) is 265 Å². The fourth-order valence-corrected chi connectivity index (χ4v) is 7.88. The molecule has 0 aromatic rings. The summed E-state index contributed by atoms with van der Waals surface area (Å²) in [5.41, 5.74) is 0. The van der Waals surface area contributed by atoms with Crippen LogP contribution >= 0.6 is 0 Å². The molecule has 1 atom stereocenters. The van der Waals surface area contributed by atoms with E-state index in [1.807, 2.05) is 24.3 Å². The molecule has 0 aliphatic carbocycles. The average molecular weight is 960 g/mol. The molecule has 0 aromatic carbocycles. The van der Waals surface area contributed by atoms with Gasteiger partial charge < -0.3 is 14.2 Å². The molecule has 0 heterocycles. The highest BCUT2D eigenvalue weighted by Gasteiger charge is 2.19. The third-order valence-electron chi connectivity index (χ3n) is 12.1. The molecule has 0 fully saturated rings. The Morgan fingerprint density at radius 3 is 0.884 bits per heavy atom. The van der Waals surface area contributed by atoms with Crippen molar-refractivity contribution in [2.75, 3.05) is 13.2 Å². The minimum atomic E-state index is -0.843. The topological polar surface area (TPSA) is 78.9 Å². The van der Waals surface area contributed by atoms with Crippen LogP contribution in [0.3, 0.4) is 0 Å². The van der Waals surface area contributed by atoms with Crippen molar-refractivity contribution in [1.82, 2.24) is 0 Å². The van der Waals surface area contributed by atoms with E-state index >= 15 is 0 Å². The van der Waals surface area contributed by atoms with Gasteiger partial charge in [-0.1, -0.05) is 272 Å². The van der Waals surface area contributed by atoms with E-state index in [9.17, 15) is 14.4 Å². The number of ether oxygens (including phenoxy) is 3. The molecule has 6 heteroatoms. The second-order valence-corrected chi connectivity index (χ2v) is 18.8. The molecule has 0 aliphatic rings. The van der Waals surface area contributed by atoms with Gasteiger partial charge in [0.05, 0.1) is 0 Å². The van der Waals surface area contributed by atoms with E-state index in [2.05, 4.69) is 93.7 Å². The van der Waals surface area contributed by atoms with Gasteiger partial charge in [0.25, 0.3) is 0 Å². The molecule has 0 saturated carbocycles. The number of esters is 3. The minimum absolute atomic E-state index is 0.127. The van der Waals surface area contributed by atoms with Crippen molar-refractivity contribution in [3.63, 3.8) is 0 Å². The lowest BCUT2D eigenvalue weighted by molar-refractivity contribution is -0.166. The molecule has 0 bridgehead atoms. The van der Waals surface area contributed by atoms with E-state index in [-0.39, 0.29) is 38.0 Å². The lowest BCUT2D eigenvalue weighted by Crippen LogP contribution is -2.30. The molecule has 0 aromatic heterocycles. The first kappa shape index (κ1) is 65.3. The van der Waals surface area contributed by atoms with Gasteiger partial charge in [0.15, 0.2) is 6.10 Å². The Morgan fingerprint density at radius 2 is 0.565 bits per heavy atom. The van der Waals surface area contributed by atoms with Crippen LogP contribution in [0.25, 0.3) is 0 Å². The standard InChI is InChI=1S/C63H106O6/c1-4-7-10-13-16-19-22-25-26-27-28-29-30-31-32-33-34-35-36-39-41-44-47-50-53-56-62(65)68-59-60(69-63(66)57-54-51-48-45-42-38-24-21-18-15-12-9-6-3)58-67-61(64)55-52-49-46-43-40-37-23-20-17-14-11-8-5-2/h8-9,11-12,17-18,20-21,37-38,40,42,46,48-49,51,60H,4-7,10,13-16,19,22-36,39,41,43-45,47,50,52-59H2,1-3H3/b11-8-,12-9-,20-17-,21-18-,40-37-,42-38-,49-46-,51-48-. The van der Waals surface area contributed by atoms with Gasteiger partial charge in [-0.3, -0.25) is 14.4 Å². The van der Waals surface area contributed by atoms with Crippen molar-refractivity contribution in [2.24, 2.45) is 0 Å². The van der Waals surface area contributed by atoms with E-state index in [1.165, 1.54) is 141 Å². The number of carbonyl (C=O) groups is 3. The molecule has 1 unspecified atom stereocenters. The van der Waals surface area contributed by atoms with Gasteiger partial charge in [0.1, 0.15) is 13.2 Å². The van der Waals surface area contributed by atoms with Gasteiger partial charge in [-0.15, -0.1) is 0 Å². The van der Waals surface area contributed by atoms with Crippen LogP contribution in [0, 0.1) is 0 Å². The van der Waals surface area contributed by atoms with Gasteiger partial charge in [0.2, 0.25) is 0 Å². The smallest absolute Gasteiger partial charge is 0.306 e. The van der Waals surface area contributed by atoms with Crippen molar-refractivity contribution < 1.29 is 28.6 Å². The van der Waals surface area contributed by atoms with Crippen LogP contribution in [0.5, 0.6) is 0 Å². The van der Waals surface area contributed by atoms with Crippen molar-refractivity contribution in [3.05, 3.63) is 97.2 Å². The molecule has 0 amide bonds. The van der Waals surface area contributed by atoms with E-state index in [4.69, 9.17) is 14.2 Å². The Labute approximate surface area is 426 Å². The summed E-state index contributed by atoms with van der Waals surface area (Å²) >= 11 is 0. The van der Waals surface area contributed by atoms with Gasteiger partial charge in [-0.25, -0.2) is 0 Å². The molecule has 0 aliphatic heterocycles. The highest BCUT2D eigenvalue weighted by atomic mass is 16.6. The van der Waals surface area contributed by atoms with Gasteiger partial charge in [-0.2, -0.15) is 0 Å². The molecule has 69 heavy (non-hydrogen) atoms. The summed E-state index contributed by atoms with van der Waals surface area (Å²) in [5.74, 6) is -1.09. The summed E-state index contributed by atoms with van der Waals surface area (Å²) in [6, 6.07) is 0. The second kappa shape index (κ2) is 56.9. The van der Waals surface area contributed by atoms with Gasteiger partial charge in [-0.05, 0) is 70.6 Å². The summed E-state index contributed by atoms with van der Waals surface area (Å²) < 4.78 is 16.7. The monoisotopic (exact) mass is 959 g/mol. The van der Waals surface area contributed by atoms with Crippen LogP contribution in [0.2, 0.25) is 0 Å². The van der Waals surface area contributed by atoms with Crippen LogP contribution < -0.4 is 0 Å². The normalized spacial score (nSPS) is 12.8. The van der Waals surface area contributed by atoms with E-state index in [1.54, 1.807) is 0 Å². The zero-order valence-corrected chi connectivity index (χ0v) is 45.0. The first-order chi connectivity index (χ1) is 34.0. The van der Waals surface area contributed by atoms with Crippen LogP contribution in [0.15, 0.2) is 97.2 Å². The zero-order valence-electron chi connectivity index (χ0n) is 45.0. The Hall–Kier alpha value is -3.67. The molecule has 394 valence electrons. The highest BCUT2D eigenvalue weighted by molar-refractivity contribution is 5.71. The fraction of sp³-hybridized carbons (Fsp3) is 0.698. The number of hydrogen-bond acceptors (Lipinski definition) is 6. The van der Waals surface area contributed by atoms with Crippen molar-refractivity contribution in [1.29, 1.82) is 0 Å². The van der Waals surface area contributed by atoms with E-state index in [0.717, 1.165) is 70.6 Å². The quantitative estimate of drug-likeness (QED) is 0.0262. The molecular weight excluding hydrogens is 853 g/mol. The number of carbonyl (C=O) groups excluding carboxylic acids is 3. The summed E-state index contributed by atoms with van der Waals surface area (Å²) in [4.78, 5) is 38.0. The number of hydrogen-bond donors (Lipinski definition) is 0.